The lowest BCUT2D eigenvalue weighted by Gasteiger charge is -2.10. The van der Waals surface area contributed by atoms with E-state index in [1.165, 1.54) is 12.3 Å². The quantitative estimate of drug-likeness (QED) is 0.507. The minimum atomic E-state index is -0.551. The minimum Gasteiger partial charge on any atom is -0.474 e. The van der Waals surface area contributed by atoms with Gasteiger partial charge in [-0.25, -0.2) is 4.98 Å². The molecule has 66 valence electrons. The third-order valence-electron chi connectivity index (χ3n) is 1.98. The maximum absolute atomic E-state index is 12.6. The Kier molecular flexibility index (Phi) is 1.70. The molecule has 0 amide bonds. The van der Waals surface area contributed by atoms with Crippen LogP contribution in [-0.2, 0) is 0 Å². The summed E-state index contributed by atoms with van der Waals surface area (Å²) >= 11 is 0. The molecule has 0 aliphatic heterocycles. The third-order valence-corrected chi connectivity index (χ3v) is 1.98. The highest BCUT2D eigenvalue weighted by Gasteiger charge is 2.43. The smallest absolute Gasteiger partial charge is 0.216 e. The van der Waals surface area contributed by atoms with Crippen molar-refractivity contribution in [3.8, 4) is 18.1 Å². The summed E-state index contributed by atoms with van der Waals surface area (Å²) in [6.45, 7) is 0. The van der Waals surface area contributed by atoms with E-state index in [1.807, 2.05) is 0 Å². The van der Waals surface area contributed by atoms with Gasteiger partial charge in [-0.3, -0.25) is 0 Å². The van der Waals surface area contributed by atoms with E-state index in [1.54, 1.807) is 6.07 Å². The summed E-state index contributed by atoms with van der Waals surface area (Å²) in [7, 11) is 0. The van der Waals surface area contributed by atoms with Crippen LogP contribution in [0.25, 0.3) is 0 Å². The van der Waals surface area contributed by atoms with Crippen LogP contribution >= 0.6 is 0 Å². The molecule has 13 heavy (non-hydrogen) atoms. The fourth-order valence-corrected chi connectivity index (χ4v) is 1.06. The topological polar surface area (TPSA) is 22.1 Å². The number of pyridine rings is 1. The number of rotatable bonds is 2. The van der Waals surface area contributed by atoms with Crippen molar-refractivity contribution in [2.75, 3.05) is 0 Å². The largest absolute Gasteiger partial charge is 0.474 e. The van der Waals surface area contributed by atoms with Crippen molar-refractivity contribution in [2.24, 2.45) is 0 Å². The van der Waals surface area contributed by atoms with Gasteiger partial charge in [-0.15, -0.1) is 6.42 Å². The second kappa shape index (κ2) is 2.74. The number of hydrogen-bond donors (Lipinski definition) is 0. The first-order valence-electron chi connectivity index (χ1n) is 4.02. The molecular weight excluding hydrogens is 169 g/mol. The molecule has 1 fully saturated rings. The Morgan fingerprint density at radius 1 is 1.62 bits per heavy atom. The lowest BCUT2D eigenvalue weighted by atomic mass is 10.3. The van der Waals surface area contributed by atoms with Gasteiger partial charge in [-0.05, 0) is 6.07 Å². The van der Waals surface area contributed by atoms with Gasteiger partial charge in [0.25, 0.3) is 0 Å². The number of ether oxygens (including phenoxy) is 1. The van der Waals surface area contributed by atoms with Crippen molar-refractivity contribution in [3.05, 3.63) is 24.3 Å². The first-order chi connectivity index (χ1) is 6.24. The van der Waals surface area contributed by atoms with Gasteiger partial charge < -0.3 is 4.74 Å². The summed E-state index contributed by atoms with van der Waals surface area (Å²) in [5, 5.41) is 0. The van der Waals surface area contributed by atoms with E-state index < -0.39 is 11.5 Å². The molecule has 3 heteroatoms. The second-order valence-electron chi connectivity index (χ2n) is 3.05. The van der Waals surface area contributed by atoms with Gasteiger partial charge in [-0.1, -0.05) is 5.92 Å². The fourth-order valence-electron chi connectivity index (χ4n) is 1.06. The number of hydrogen-bond acceptors (Lipinski definition) is 2. The number of terminal acetylenes is 1. The average molecular weight is 177 g/mol. The summed E-state index contributed by atoms with van der Waals surface area (Å²) < 4.78 is 18.1. The Hall–Kier alpha value is -1.56. The predicted molar refractivity (Wildman–Crippen MR) is 45.6 cm³/mol. The molecule has 0 spiro atoms. The molecule has 1 aliphatic rings. The standard InChI is InChI=1S/C10H8FNO/c1-2-10(4-5-10)13-8-3-6-12-9(11)7-8/h1,3,6-7H,4-5H2. The molecule has 2 rings (SSSR count). The van der Waals surface area contributed by atoms with E-state index in [0.717, 1.165) is 12.8 Å². The molecule has 0 bridgehead atoms. The SMILES string of the molecule is C#CC1(Oc2ccnc(F)c2)CC1. The number of halogens is 1. The Morgan fingerprint density at radius 2 is 2.38 bits per heavy atom. The van der Waals surface area contributed by atoms with Crippen molar-refractivity contribution in [3.63, 3.8) is 0 Å². The van der Waals surface area contributed by atoms with Crippen LogP contribution in [0.2, 0.25) is 0 Å². The van der Waals surface area contributed by atoms with Gasteiger partial charge in [-0.2, -0.15) is 4.39 Å². The van der Waals surface area contributed by atoms with Gasteiger partial charge in [0.2, 0.25) is 5.95 Å². The maximum atomic E-state index is 12.6. The number of nitrogens with zero attached hydrogens (tertiary/aromatic N) is 1. The van der Waals surface area contributed by atoms with Crippen LogP contribution in [0.3, 0.4) is 0 Å². The molecule has 2 nitrogen and oxygen atoms in total. The zero-order valence-electron chi connectivity index (χ0n) is 6.96. The molecule has 1 aromatic heterocycles. The van der Waals surface area contributed by atoms with E-state index in [2.05, 4.69) is 10.9 Å². The highest BCUT2D eigenvalue weighted by Crippen LogP contribution is 2.39. The lowest BCUT2D eigenvalue weighted by molar-refractivity contribution is 0.238. The Labute approximate surface area is 75.7 Å². The molecule has 0 N–H and O–H groups in total. The van der Waals surface area contributed by atoms with Crippen LogP contribution in [0.15, 0.2) is 18.3 Å². The molecule has 0 aromatic carbocycles. The Bertz CT molecular complexity index is 365. The van der Waals surface area contributed by atoms with E-state index in [4.69, 9.17) is 11.2 Å². The van der Waals surface area contributed by atoms with Crippen LogP contribution in [0.4, 0.5) is 4.39 Å². The van der Waals surface area contributed by atoms with Crippen LogP contribution in [-0.4, -0.2) is 10.6 Å². The summed E-state index contributed by atoms with van der Waals surface area (Å²) in [6, 6.07) is 2.83. The molecule has 1 heterocycles. The van der Waals surface area contributed by atoms with Gasteiger partial charge in [0.05, 0.1) is 0 Å². The van der Waals surface area contributed by atoms with Gasteiger partial charge >= 0.3 is 0 Å². The van der Waals surface area contributed by atoms with Crippen LogP contribution < -0.4 is 4.74 Å². The van der Waals surface area contributed by atoms with Gasteiger partial charge in [0.1, 0.15) is 5.75 Å². The summed E-state index contributed by atoms with van der Waals surface area (Å²) in [6.07, 6.45) is 8.31. The third kappa shape index (κ3) is 1.62. The fraction of sp³-hybridized carbons (Fsp3) is 0.300. The summed E-state index contributed by atoms with van der Waals surface area (Å²) in [5.41, 5.74) is -0.478. The van der Waals surface area contributed by atoms with E-state index >= 15 is 0 Å². The zero-order valence-corrected chi connectivity index (χ0v) is 6.96. The van der Waals surface area contributed by atoms with Crippen molar-refractivity contribution in [1.82, 2.24) is 4.98 Å². The molecule has 1 saturated carbocycles. The molecule has 1 aromatic rings. The summed E-state index contributed by atoms with van der Waals surface area (Å²) in [5.74, 6) is 2.45. The first kappa shape index (κ1) is 8.06. The maximum Gasteiger partial charge on any atom is 0.216 e. The molecular formula is C10H8FNO. The van der Waals surface area contributed by atoms with Crippen molar-refractivity contribution in [1.29, 1.82) is 0 Å². The molecule has 0 radical (unpaired) electrons. The zero-order chi connectivity index (χ0) is 9.31. The Balaban J connectivity index is 2.15. The summed E-state index contributed by atoms with van der Waals surface area (Å²) in [4.78, 5) is 3.42. The van der Waals surface area contributed by atoms with Crippen LogP contribution in [0, 0.1) is 18.3 Å². The second-order valence-corrected chi connectivity index (χ2v) is 3.05. The van der Waals surface area contributed by atoms with E-state index in [-0.39, 0.29) is 0 Å². The Morgan fingerprint density at radius 3 is 2.92 bits per heavy atom. The van der Waals surface area contributed by atoms with E-state index in [0.29, 0.717) is 5.75 Å². The monoisotopic (exact) mass is 177 g/mol. The highest BCUT2D eigenvalue weighted by molar-refractivity contribution is 5.27. The van der Waals surface area contributed by atoms with Crippen molar-refractivity contribution >= 4 is 0 Å². The highest BCUT2D eigenvalue weighted by atomic mass is 19.1. The molecule has 0 atom stereocenters. The van der Waals surface area contributed by atoms with E-state index in [9.17, 15) is 4.39 Å². The molecule has 1 aliphatic carbocycles. The van der Waals surface area contributed by atoms with Crippen molar-refractivity contribution in [2.45, 2.75) is 18.4 Å². The molecule has 0 saturated heterocycles. The minimum absolute atomic E-state index is 0.447. The lowest BCUT2D eigenvalue weighted by Crippen LogP contribution is -2.14. The average Bonchev–Trinajstić information content (AvgIpc) is 2.86. The number of aromatic nitrogens is 1. The van der Waals surface area contributed by atoms with Crippen LogP contribution in [0.1, 0.15) is 12.8 Å². The van der Waals surface area contributed by atoms with Gasteiger partial charge in [0.15, 0.2) is 5.60 Å². The first-order valence-corrected chi connectivity index (χ1v) is 4.02. The predicted octanol–water partition coefficient (Wildman–Crippen LogP) is 1.77. The normalized spacial score (nSPS) is 17.5. The van der Waals surface area contributed by atoms with Crippen molar-refractivity contribution < 1.29 is 9.13 Å². The van der Waals surface area contributed by atoms with Gasteiger partial charge in [0, 0.05) is 25.1 Å². The molecule has 0 unspecified atom stereocenters. The van der Waals surface area contributed by atoms with Crippen LogP contribution in [0.5, 0.6) is 5.75 Å².